The van der Waals surface area contributed by atoms with Crippen LogP contribution in [0.5, 0.6) is 0 Å². The van der Waals surface area contributed by atoms with E-state index in [0.717, 1.165) is 5.56 Å². The number of nitrogens with one attached hydrogen (secondary N) is 1. The third kappa shape index (κ3) is 3.17. The lowest BCUT2D eigenvalue weighted by Gasteiger charge is -2.06. The number of carbonyl (C=O) groups excluding carboxylic acids is 1. The maximum absolute atomic E-state index is 13.4. The van der Waals surface area contributed by atoms with Crippen LogP contribution in [-0.2, 0) is 6.42 Å². The van der Waals surface area contributed by atoms with Crippen LogP contribution in [0.25, 0.3) is 0 Å². The number of benzene rings is 2. The van der Waals surface area contributed by atoms with Crippen LogP contribution in [0.15, 0.2) is 48.5 Å². The molecule has 0 saturated heterocycles. The van der Waals surface area contributed by atoms with E-state index in [1.54, 1.807) is 30.3 Å². The number of nitriles is 1. The monoisotopic (exact) mass is 254 g/mol. The molecule has 4 heteroatoms. The molecule has 0 fully saturated rings. The lowest BCUT2D eigenvalue weighted by atomic mass is 10.1. The Morgan fingerprint density at radius 1 is 1.16 bits per heavy atom. The van der Waals surface area contributed by atoms with E-state index in [-0.39, 0.29) is 5.56 Å². The van der Waals surface area contributed by atoms with Gasteiger partial charge in [0.2, 0.25) is 0 Å². The van der Waals surface area contributed by atoms with Crippen LogP contribution in [-0.4, -0.2) is 5.91 Å². The minimum Gasteiger partial charge on any atom is -0.322 e. The summed E-state index contributed by atoms with van der Waals surface area (Å²) in [6, 6.07) is 14.7. The molecule has 2 aromatic rings. The number of amides is 1. The second-order valence-corrected chi connectivity index (χ2v) is 3.97. The van der Waals surface area contributed by atoms with Crippen LogP contribution in [0, 0.1) is 17.1 Å². The van der Waals surface area contributed by atoms with Crippen LogP contribution in [0.2, 0.25) is 0 Å². The molecule has 0 radical (unpaired) electrons. The molecule has 0 aromatic heterocycles. The molecule has 1 amide bonds. The molecule has 3 nitrogen and oxygen atoms in total. The first kappa shape index (κ1) is 12.8. The molecule has 0 spiro atoms. The fourth-order valence-corrected chi connectivity index (χ4v) is 1.64. The molecule has 0 bridgehead atoms. The van der Waals surface area contributed by atoms with E-state index >= 15 is 0 Å². The van der Waals surface area contributed by atoms with Gasteiger partial charge in [-0.05, 0) is 29.8 Å². The van der Waals surface area contributed by atoms with Crippen molar-refractivity contribution in [3.05, 3.63) is 65.5 Å². The lowest BCUT2D eigenvalue weighted by molar-refractivity contribution is 0.102. The van der Waals surface area contributed by atoms with E-state index in [1.165, 1.54) is 18.2 Å². The third-order valence-electron chi connectivity index (χ3n) is 2.61. The van der Waals surface area contributed by atoms with Gasteiger partial charge in [-0.1, -0.05) is 24.3 Å². The first-order valence-electron chi connectivity index (χ1n) is 5.72. The van der Waals surface area contributed by atoms with Gasteiger partial charge in [0.15, 0.2) is 0 Å². The average Bonchev–Trinajstić information content (AvgIpc) is 2.42. The molecule has 0 aliphatic heterocycles. The van der Waals surface area contributed by atoms with Gasteiger partial charge in [0.05, 0.1) is 18.1 Å². The summed E-state index contributed by atoms with van der Waals surface area (Å²) >= 11 is 0. The topological polar surface area (TPSA) is 52.9 Å². The Hall–Kier alpha value is -2.67. The molecule has 1 N–H and O–H groups in total. The summed E-state index contributed by atoms with van der Waals surface area (Å²) in [5.74, 6) is -1.05. The number of hydrogen-bond donors (Lipinski definition) is 1. The summed E-state index contributed by atoms with van der Waals surface area (Å²) in [7, 11) is 0. The van der Waals surface area contributed by atoms with E-state index in [2.05, 4.69) is 5.32 Å². The van der Waals surface area contributed by atoms with Crippen LogP contribution in [0.4, 0.5) is 10.1 Å². The third-order valence-corrected chi connectivity index (χ3v) is 2.61. The molecule has 0 saturated carbocycles. The summed E-state index contributed by atoms with van der Waals surface area (Å²) in [6.07, 6.45) is 0.321. The summed E-state index contributed by atoms with van der Waals surface area (Å²) in [5, 5.41) is 11.2. The van der Waals surface area contributed by atoms with Gasteiger partial charge in [0.25, 0.3) is 5.91 Å². The average molecular weight is 254 g/mol. The van der Waals surface area contributed by atoms with Crippen LogP contribution >= 0.6 is 0 Å². The maximum atomic E-state index is 13.4. The summed E-state index contributed by atoms with van der Waals surface area (Å²) < 4.78 is 13.4. The molecule has 2 rings (SSSR count). The van der Waals surface area contributed by atoms with Gasteiger partial charge < -0.3 is 5.32 Å². The Bertz CT molecular complexity index is 629. The minimum atomic E-state index is -0.555. The number of halogens is 1. The van der Waals surface area contributed by atoms with Crippen molar-refractivity contribution in [1.82, 2.24) is 0 Å². The van der Waals surface area contributed by atoms with Crippen LogP contribution < -0.4 is 5.32 Å². The van der Waals surface area contributed by atoms with Gasteiger partial charge in [0, 0.05) is 5.69 Å². The molecule has 0 aliphatic rings. The van der Waals surface area contributed by atoms with Gasteiger partial charge in [-0.2, -0.15) is 5.26 Å². The van der Waals surface area contributed by atoms with E-state index < -0.39 is 11.7 Å². The Morgan fingerprint density at radius 3 is 2.47 bits per heavy atom. The Balaban J connectivity index is 2.11. The predicted molar refractivity (Wildman–Crippen MR) is 70.1 cm³/mol. The predicted octanol–water partition coefficient (Wildman–Crippen LogP) is 3.14. The van der Waals surface area contributed by atoms with Gasteiger partial charge in [-0.25, -0.2) is 4.39 Å². The van der Waals surface area contributed by atoms with Crippen molar-refractivity contribution >= 4 is 11.6 Å². The highest BCUT2D eigenvalue weighted by Gasteiger charge is 2.10. The van der Waals surface area contributed by atoms with Crippen molar-refractivity contribution in [2.75, 3.05) is 5.32 Å². The van der Waals surface area contributed by atoms with E-state index in [0.29, 0.717) is 12.1 Å². The number of nitrogens with zero attached hydrogens (tertiary/aromatic N) is 1. The SMILES string of the molecule is N#CCc1ccc(NC(=O)c2ccccc2F)cc1. The highest BCUT2D eigenvalue weighted by molar-refractivity contribution is 6.04. The molecule has 19 heavy (non-hydrogen) atoms. The largest absolute Gasteiger partial charge is 0.322 e. The van der Waals surface area contributed by atoms with E-state index in [1.807, 2.05) is 6.07 Å². The number of hydrogen-bond acceptors (Lipinski definition) is 2. The smallest absolute Gasteiger partial charge is 0.258 e. The van der Waals surface area contributed by atoms with Crippen molar-refractivity contribution in [2.45, 2.75) is 6.42 Å². The van der Waals surface area contributed by atoms with Crippen molar-refractivity contribution in [1.29, 1.82) is 5.26 Å². The summed E-state index contributed by atoms with van der Waals surface area (Å²) in [4.78, 5) is 11.8. The van der Waals surface area contributed by atoms with Crippen molar-refractivity contribution in [2.24, 2.45) is 0 Å². The number of rotatable bonds is 3. The maximum Gasteiger partial charge on any atom is 0.258 e. The molecule has 0 atom stereocenters. The zero-order valence-electron chi connectivity index (χ0n) is 10.1. The van der Waals surface area contributed by atoms with Crippen LogP contribution in [0.1, 0.15) is 15.9 Å². The van der Waals surface area contributed by atoms with Crippen LogP contribution in [0.3, 0.4) is 0 Å². The molecule has 0 aliphatic carbocycles. The van der Waals surface area contributed by atoms with Gasteiger partial charge in [-0.3, -0.25) is 4.79 Å². The fraction of sp³-hybridized carbons (Fsp3) is 0.0667. The molecular weight excluding hydrogens is 243 g/mol. The number of anilines is 1. The van der Waals surface area contributed by atoms with E-state index in [9.17, 15) is 9.18 Å². The summed E-state index contributed by atoms with van der Waals surface area (Å²) in [5.41, 5.74) is 1.44. The molecule has 0 unspecified atom stereocenters. The van der Waals surface area contributed by atoms with Gasteiger partial charge >= 0.3 is 0 Å². The number of carbonyl (C=O) groups is 1. The standard InChI is InChI=1S/C15H11FN2O/c16-14-4-2-1-3-13(14)15(19)18-12-7-5-11(6-8-12)9-10-17/h1-8H,9H2,(H,18,19). The highest BCUT2D eigenvalue weighted by Crippen LogP contribution is 2.13. The Morgan fingerprint density at radius 2 is 1.84 bits per heavy atom. The zero-order valence-corrected chi connectivity index (χ0v) is 10.1. The lowest BCUT2D eigenvalue weighted by Crippen LogP contribution is -2.13. The second kappa shape index (κ2) is 5.78. The van der Waals surface area contributed by atoms with Crippen molar-refractivity contribution in [3.63, 3.8) is 0 Å². The van der Waals surface area contributed by atoms with Crippen molar-refractivity contribution in [3.8, 4) is 6.07 Å². The second-order valence-electron chi connectivity index (χ2n) is 3.97. The summed E-state index contributed by atoms with van der Waals surface area (Å²) in [6.45, 7) is 0. The van der Waals surface area contributed by atoms with Gasteiger partial charge in [-0.15, -0.1) is 0 Å². The Kier molecular flexibility index (Phi) is 3.89. The normalized spacial score (nSPS) is 9.68. The van der Waals surface area contributed by atoms with Crippen molar-refractivity contribution < 1.29 is 9.18 Å². The van der Waals surface area contributed by atoms with E-state index in [4.69, 9.17) is 5.26 Å². The fourth-order valence-electron chi connectivity index (χ4n) is 1.64. The zero-order chi connectivity index (χ0) is 13.7. The van der Waals surface area contributed by atoms with Gasteiger partial charge in [0.1, 0.15) is 5.82 Å². The Labute approximate surface area is 110 Å². The molecule has 2 aromatic carbocycles. The highest BCUT2D eigenvalue weighted by atomic mass is 19.1. The molecule has 0 heterocycles. The molecule has 94 valence electrons. The first-order valence-corrected chi connectivity index (χ1v) is 5.72. The first-order chi connectivity index (χ1) is 9.20. The molecular formula is C15H11FN2O. The minimum absolute atomic E-state index is 0.00333. The quantitative estimate of drug-likeness (QED) is 0.914.